The van der Waals surface area contributed by atoms with E-state index < -0.39 is 7.14 Å². The van der Waals surface area contributed by atoms with Gasteiger partial charge in [0.05, 0.1) is 7.14 Å². The van der Waals surface area contributed by atoms with Gasteiger partial charge in [-0.1, -0.05) is 31.0 Å². The molecule has 0 aliphatic heterocycles. The van der Waals surface area contributed by atoms with E-state index in [0.717, 1.165) is 25.2 Å². The van der Waals surface area contributed by atoms with Crippen LogP contribution in [0.3, 0.4) is 0 Å². The fourth-order valence-corrected chi connectivity index (χ4v) is 4.68. The Kier molecular flexibility index (Phi) is 5.01. The second-order valence-electron chi connectivity index (χ2n) is 5.41. The Labute approximate surface area is 106 Å². The number of hydrogen-bond acceptors (Lipinski definition) is 1. The lowest BCUT2D eigenvalue weighted by atomic mass is 10.0. The van der Waals surface area contributed by atoms with Gasteiger partial charge in [0.2, 0.25) is 0 Å². The predicted molar refractivity (Wildman–Crippen MR) is 77.7 cm³/mol. The van der Waals surface area contributed by atoms with Gasteiger partial charge in [0.25, 0.3) is 0 Å². The zero-order chi connectivity index (χ0) is 13.1. The van der Waals surface area contributed by atoms with Gasteiger partial charge >= 0.3 is 0 Å². The summed E-state index contributed by atoms with van der Waals surface area (Å²) in [6.45, 7) is 10.5. The summed E-state index contributed by atoms with van der Waals surface area (Å²) in [6, 6.07) is 4.39. The summed E-state index contributed by atoms with van der Waals surface area (Å²) in [7, 11) is -2.00. The summed E-state index contributed by atoms with van der Waals surface area (Å²) < 4.78 is 12.5. The van der Waals surface area contributed by atoms with Crippen LogP contribution in [0.4, 0.5) is 0 Å². The molecular formula is C15H25OP. The molecule has 0 N–H and O–H groups in total. The molecular weight excluding hydrogens is 227 g/mol. The van der Waals surface area contributed by atoms with Crippen molar-refractivity contribution >= 4 is 7.14 Å². The van der Waals surface area contributed by atoms with Crippen LogP contribution >= 0.6 is 7.14 Å². The average Bonchev–Trinajstić information content (AvgIpc) is 2.21. The lowest BCUT2D eigenvalue weighted by Gasteiger charge is -2.17. The van der Waals surface area contributed by atoms with E-state index in [1.807, 2.05) is 6.66 Å². The zero-order valence-corrected chi connectivity index (χ0v) is 12.7. The Morgan fingerprint density at radius 1 is 1.12 bits per heavy atom. The fourth-order valence-electron chi connectivity index (χ4n) is 2.37. The summed E-state index contributed by atoms with van der Waals surface area (Å²) in [4.78, 5) is 0. The van der Waals surface area contributed by atoms with E-state index in [1.54, 1.807) is 0 Å². The maximum absolute atomic E-state index is 12.5. The Bertz CT molecular complexity index is 412. The highest BCUT2D eigenvalue weighted by Gasteiger charge is 2.17. The topological polar surface area (TPSA) is 17.1 Å². The Balaban J connectivity index is 2.91. The standard InChI is InChI=1S/C15H25OP/c1-6-7-8-17(5,16)11-15-13(3)9-12(2)10-14(15)4/h9-10H,6-8,11H2,1-5H3. The summed E-state index contributed by atoms with van der Waals surface area (Å²) >= 11 is 0. The minimum Gasteiger partial charge on any atom is -0.323 e. The molecule has 0 aliphatic carbocycles. The van der Waals surface area contributed by atoms with Gasteiger partial charge in [0, 0.05) is 12.3 Å². The van der Waals surface area contributed by atoms with Gasteiger partial charge in [-0.3, -0.25) is 0 Å². The molecule has 0 heterocycles. The van der Waals surface area contributed by atoms with E-state index in [0.29, 0.717) is 0 Å². The zero-order valence-electron chi connectivity index (χ0n) is 11.8. The fraction of sp³-hybridized carbons (Fsp3) is 0.600. The van der Waals surface area contributed by atoms with Crippen molar-refractivity contribution in [3.63, 3.8) is 0 Å². The van der Waals surface area contributed by atoms with Gasteiger partial charge < -0.3 is 4.57 Å². The average molecular weight is 252 g/mol. The van der Waals surface area contributed by atoms with E-state index >= 15 is 0 Å². The molecule has 96 valence electrons. The first-order chi connectivity index (χ1) is 7.85. The number of unbranched alkanes of at least 4 members (excludes halogenated alkanes) is 1. The molecule has 0 bridgehead atoms. The smallest absolute Gasteiger partial charge is 0.0890 e. The molecule has 2 heteroatoms. The molecule has 0 amide bonds. The van der Waals surface area contributed by atoms with Crippen molar-refractivity contribution in [2.45, 2.75) is 46.7 Å². The van der Waals surface area contributed by atoms with Crippen LogP contribution < -0.4 is 0 Å². The summed E-state index contributed by atoms with van der Waals surface area (Å²) in [6.07, 6.45) is 3.86. The third-order valence-corrected chi connectivity index (χ3v) is 5.57. The Morgan fingerprint density at radius 2 is 1.65 bits per heavy atom. The third kappa shape index (κ3) is 4.32. The van der Waals surface area contributed by atoms with Gasteiger partial charge in [-0.05, 0) is 50.5 Å². The Morgan fingerprint density at radius 3 is 2.12 bits per heavy atom. The Hall–Kier alpha value is -0.550. The minimum atomic E-state index is -2.00. The van der Waals surface area contributed by atoms with E-state index in [-0.39, 0.29) is 0 Å². The molecule has 1 atom stereocenters. The lowest BCUT2D eigenvalue weighted by Crippen LogP contribution is -1.98. The molecule has 1 aromatic carbocycles. The normalized spacial score (nSPS) is 14.6. The van der Waals surface area contributed by atoms with Crippen molar-refractivity contribution in [1.82, 2.24) is 0 Å². The van der Waals surface area contributed by atoms with Crippen LogP contribution in [-0.2, 0) is 10.7 Å². The van der Waals surface area contributed by atoms with Gasteiger partial charge in [-0.2, -0.15) is 0 Å². The number of benzene rings is 1. The highest BCUT2D eigenvalue weighted by atomic mass is 31.2. The third-order valence-electron chi connectivity index (χ3n) is 3.32. The number of rotatable bonds is 5. The van der Waals surface area contributed by atoms with Crippen molar-refractivity contribution in [3.8, 4) is 0 Å². The van der Waals surface area contributed by atoms with Gasteiger partial charge in [0.15, 0.2) is 0 Å². The van der Waals surface area contributed by atoms with Gasteiger partial charge in [-0.25, -0.2) is 0 Å². The molecule has 1 nitrogen and oxygen atoms in total. The SMILES string of the molecule is CCCCP(C)(=O)Cc1c(C)cc(C)cc1C. The quantitative estimate of drug-likeness (QED) is 0.681. The van der Waals surface area contributed by atoms with Crippen LogP contribution in [0.25, 0.3) is 0 Å². The summed E-state index contributed by atoms with van der Waals surface area (Å²) in [5, 5.41) is 0. The molecule has 1 unspecified atom stereocenters. The van der Waals surface area contributed by atoms with E-state index in [9.17, 15) is 4.57 Å². The molecule has 0 aliphatic rings. The molecule has 0 spiro atoms. The number of hydrogen-bond donors (Lipinski definition) is 0. The van der Waals surface area contributed by atoms with Crippen LogP contribution in [0, 0.1) is 20.8 Å². The molecule has 1 aromatic rings. The first-order valence-electron chi connectivity index (χ1n) is 6.48. The second-order valence-corrected chi connectivity index (χ2v) is 8.77. The molecule has 0 aromatic heterocycles. The summed E-state index contributed by atoms with van der Waals surface area (Å²) in [5.74, 6) is 0. The second kappa shape index (κ2) is 5.87. The van der Waals surface area contributed by atoms with Crippen LogP contribution in [0.2, 0.25) is 0 Å². The molecule has 1 rings (SSSR count). The first-order valence-corrected chi connectivity index (χ1v) is 9.00. The van der Waals surface area contributed by atoms with Crippen molar-refractivity contribution < 1.29 is 4.57 Å². The van der Waals surface area contributed by atoms with Crippen LogP contribution in [0.15, 0.2) is 12.1 Å². The molecule has 0 saturated carbocycles. The van der Waals surface area contributed by atoms with E-state index in [4.69, 9.17) is 0 Å². The van der Waals surface area contributed by atoms with Crippen molar-refractivity contribution in [1.29, 1.82) is 0 Å². The maximum atomic E-state index is 12.5. The minimum absolute atomic E-state index is 0.769. The van der Waals surface area contributed by atoms with Crippen LogP contribution in [0.5, 0.6) is 0 Å². The van der Waals surface area contributed by atoms with E-state index in [1.165, 1.54) is 22.3 Å². The summed E-state index contributed by atoms with van der Waals surface area (Å²) in [5.41, 5.74) is 5.18. The molecule has 17 heavy (non-hydrogen) atoms. The van der Waals surface area contributed by atoms with Crippen molar-refractivity contribution in [2.75, 3.05) is 12.8 Å². The predicted octanol–water partition coefficient (Wildman–Crippen LogP) is 4.90. The molecule has 0 radical (unpaired) electrons. The van der Waals surface area contributed by atoms with Crippen molar-refractivity contribution in [2.24, 2.45) is 0 Å². The first kappa shape index (κ1) is 14.5. The number of aryl methyl sites for hydroxylation is 3. The molecule has 0 fully saturated rings. The maximum Gasteiger partial charge on any atom is 0.0890 e. The van der Waals surface area contributed by atoms with E-state index in [2.05, 4.69) is 39.8 Å². The highest BCUT2D eigenvalue weighted by molar-refractivity contribution is 7.62. The largest absolute Gasteiger partial charge is 0.323 e. The van der Waals surface area contributed by atoms with Crippen LogP contribution in [0.1, 0.15) is 42.0 Å². The molecule has 0 saturated heterocycles. The van der Waals surface area contributed by atoms with Gasteiger partial charge in [0.1, 0.15) is 0 Å². The highest BCUT2D eigenvalue weighted by Crippen LogP contribution is 2.47. The van der Waals surface area contributed by atoms with Crippen LogP contribution in [-0.4, -0.2) is 12.8 Å². The lowest BCUT2D eigenvalue weighted by molar-refractivity contribution is 0.575. The van der Waals surface area contributed by atoms with Gasteiger partial charge in [-0.15, -0.1) is 0 Å². The van der Waals surface area contributed by atoms with Crippen molar-refractivity contribution in [3.05, 3.63) is 34.4 Å². The monoisotopic (exact) mass is 252 g/mol.